The standard InChI is InChI=1S/C17H16N4O/c18-10-13-3-5-15(6-4-13)20-16-9-14(11-19-12-16)17(22)21-7-1-2-8-21/h3-6,9,11-12,20H,1-2,7-8H2. The molecule has 0 bridgehead atoms. The van der Waals surface area contributed by atoms with Gasteiger partial charge >= 0.3 is 0 Å². The predicted octanol–water partition coefficient (Wildman–Crippen LogP) is 2.93. The lowest BCUT2D eigenvalue weighted by molar-refractivity contribution is 0.0792. The average molecular weight is 292 g/mol. The van der Waals surface area contributed by atoms with Crippen LogP contribution in [0, 0.1) is 11.3 Å². The summed E-state index contributed by atoms with van der Waals surface area (Å²) in [5, 5.41) is 12.0. The average Bonchev–Trinajstić information content (AvgIpc) is 3.09. The second kappa shape index (κ2) is 6.27. The summed E-state index contributed by atoms with van der Waals surface area (Å²) in [6.45, 7) is 1.65. The Morgan fingerprint density at radius 1 is 1.14 bits per heavy atom. The molecule has 2 heterocycles. The number of pyridine rings is 1. The van der Waals surface area contributed by atoms with E-state index in [2.05, 4.69) is 16.4 Å². The van der Waals surface area contributed by atoms with Crippen molar-refractivity contribution in [3.05, 3.63) is 53.9 Å². The van der Waals surface area contributed by atoms with Gasteiger partial charge in [0.2, 0.25) is 0 Å². The van der Waals surface area contributed by atoms with Gasteiger partial charge in [-0.15, -0.1) is 0 Å². The molecule has 1 aromatic carbocycles. The Kier molecular flexibility index (Phi) is 4.01. The third-order valence-corrected chi connectivity index (χ3v) is 3.68. The smallest absolute Gasteiger partial charge is 0.255 e. The number of nitrogens with zero attached hydrogens (tertiary/aromatic N) is 3. The number of rotatable bonds is 3. The van der Waals surface area contributed by atoms with Gasteiger partial charge < -0.3 is 10.2 Å². The number of carbonyl (C=O) groups excluding carboxylic acids is 1. The van der Waals surface area contributed by atoms with Crippen molar-refractivity contribution in [2.75, 3.05) is 18.4 Å². The van der Waals surface area contributed by atoms with Gasteiger partial charge in [0.15, 0.2) is 0 Å². The summed E-state index contributed by atoms with van der Waals surface area (Å²) in [7, 11) is 0. The van der Waals surface area contributed by atoms with Gasteiger partial charge in [0.25, 0.3) is 5.91 Å². The normalized spacial score (nSPS) is 13.7. The number of hydrogen-bond donors (Lipinski definition) is 1. The van der Waals surface area contributed by atoms with Crippen molar-refractivity contribution < 1.29 is 4.79 Å². The van der Waals surface area contributed by atoms with Crippen molar-refractivity contribution in [1.82, 2.24) is 9.88 Å². The van der Waals surface area contributed by atoms with E-state index in [9.17, 15) is 4.79 Å². The minimum atomic E-state index is 0.0356. The van der Waals surface area contributed by atoms with Crippen molar-refractivity contribution in [1.29, 1.82) is 5.26 Å². The molecule has 0 saturated carbocycles. The monoisotopic (exact) mass is 292 g/mol. The van der Waals surface area contributed by atoms with E-state index >= 15 is 0 Å². The fourth-order valence-electron chi connectivity index (χ4n) is 2.52. The van der Waals surface area contributed by atoms with Crippen LogP contribution in [-0.4, -0.2) is 28.9 Å². The van der Waals surface area contributed by atoms with E-state index in [-0.39, 0.29) is 5.91 Å². The zero-order chi connectivity index (χ0) is 15.4. The number of hydrogen-bond acceptors (Lipinski definition) is 4. The van der Waals surface area contributed by atoms with E-state index in [4.69, 9.17) is 5.26 Å². The third-order valence-electron chi connectivity index (χ3n) is 3.68. The van der Waals surface area contributed by atoms with Gasteiger partial charge in [-0.05, 0) is 43.2 Å². The van der Waals surface area contributed by atoms with Crippen molar-refractivity contribution in [3.8, 4) is 6.07 Å². The van der Waals surface area contributed by atoms with Gasteiger partial charge in [0, 0.05) is 25.0 Å². The van der Waals surface area contributed by atoms with Crippen LogP contribution < -0.4 is 5.32 Å². The minimum absolute atomic E-state index is 0.0356. The van der Waals surface area contributed by atoms with Gasteiger partial charge in [-0.3, -0.25) is 9.78 Å². The van der Waals surface area contributed by atoms with Crippen LogP contribution in [0.15, 0.2) is 42.7 Å². The fourth-order valence-corrected chi connectivity index (χ4v) is 2.52. The van der Waals surface area contributed by atoms with Crippen molar-refractivity contribution >= 4 is 17.3 Å². The maximum atomic E-state index is 12.4. The zero-order valence-corrected chi connectivity index (χ0v) is 12.1. The molecule has 0 atom stereocenters. The summed E-state index contributed by atoms with van der Waals surface area (Å²) in [6.07, 6.45) is 5.42. The lowest BCUT2D eigenvalue weighted by atomic mass is 10.2. The Balaban J connectivity index is 1.75. The molecule has 1 aliphatic rings. The fraction of sp³-hybridized carbons (Fsp3) is 0.235. The SMILES string of the molecule is N#Cc1ccc(Nc2cncc(C(=O)N3CCCC3)c2)cc1. The highest BCUT2D eigenvalue weighted by molar-refractivity contribution is 5.95. The summed E-state index contributed by atoms with van der Waals surface area (Å²) in [5.74, 6) is 0.0356. The molecule has 0 aliphatic carbocycles. The number of amides is 1. The number of benzene rings is 1. The largest absolute Gasteiger partial charge is 0.354 e. The summed E-state index contributed by atoms with van der Waals surface area (Å²) >= 11 is 0. The maximum Gasteiger partial charge on any atom is 0.255 e. The van der Waals surface area contributed by atoms with E-state index in [1.165, 1.54) is 0 Å². The summed E-state index contributed by atoms with van der Waals surface area (Å²) in [5.41, 5.74) is 2.82. The molecule has 0 radical (unpaired) electrons. The first kappa shape index (κ1) is 14.1. The second-order valence-corrected chi connectivity index (χ2v) is 5.28. The number of anilines is 2. The first-order chi connectivity index (χ1) is 10.8. The predicted molar refractivity (Wildman–Crippen MR) is 83.8 cm³/mol. The quantitative estimate of drug-likeness (QED) is 0.944. The number of nitriles is 1. The molecule has 3 rings (SSSR count). The van der Waals surface area contributed by atoms with Crippen molar-refractivity contribution in [2.45, 2.75) is 12.8 Å². The Morgan fingerprint density at radius 2 is 1.86 bits per heavy atom. The van der Waals surface area contributed by atoms with Crippen LogP contribution in [0.5, 0.6) is 0 Å². The van der Waals surface area contributed by atoms with Crippen LogP contribution in [0.3, 0.4) is 0 Å². The molecule has 5 nitrogen and oxygen atoms in total. The Bertz CT molecular complexity index is 712. The molecule has 0 spiro atoms. The molecule has 1 aromatic heterocycles. The van der Waals surface area contributed by atoms with Gasteiger partial charge in [0.1, 0.15) is 0 Å². The first-order valence-electron chi connectivity index (χ1n) is 7.28. The summed E-state index contributed by atoms with van der Waals surface area (Å²) in [4.78, 5) is 18.4. The van der Waals surface area contributed by atoms with Crippen LogP contribution in [0.25, 0.3) is 0 Å². The van der Waals surface area contributed by atoms with Gasteiger partial charge in [0.05, 0.1) is 29.1 Å². The summed E-state index contributed by atoms with van der Waals surface area (Å²) < 4.78 is 0. The van der Waals surface area contributed by atoms with Crippen LogP contribution in [-0.2, 0) is 0 Å². The molecule has 110 valence electrons. The molecule has 1 aliphatic heterocycles. The molecular formula is C17H16N4O. The summed E-state index contributed by atoms with van der Waals surface area (Å²) in [6, 6.07) is 11.0. The van der Waals surface area contributed by atoms with Crippen molar-refractivity contribution in [3.63, 3.8) is 0 Å². The van der Waals surface area contributed by atoms with E-state index in [0.29, 0.717) is 11.1 Å². The molecular weight excluding hydrogens is 276 g/mol. The van der Waals surface area contributed by atoms with Crippen molar-refractivity contribution in [2.24, 2.45) is 0 Å². The Hall–Kier alpha value is -2.87. The zero-order valence-electron chi connectivity index (χ0n) is 12.1. The molecule has 2 aromatic rings. The lowest BCUT2D eigenvalue weighted by Gasteiger charge is -2.15. The number of nitrogens with one attached hydrogen (secondary N) is 1. The topological polar surface area (TPSA) is 69.0 Å². The van der Waals surface area contributed by atoms with Crippen LogP contribution in [0.2, 0.25) is 0 Å². The third kappa shape index (κ3) is 3.07. The molecule has 1 amide bonds. The minimum Gasteiger partial charge on any atom is -0.354 e. The van der Waals surface area contributed by atoms with Crippen LogP contribution >= 0.6 is 0 Å². The first-order valence-corrected chi connectivity index (χ1v) is 7.28. The number of carbonyl (C=O) groups is 1. The maximum absolute atomic E-state index is 12.4. The molecule has 1 fully saturated rings. The van der Waals surface area contributed by atoms with Gasteiger partial charge in [-0.25, -0.2) is 0 Å². The Morgan fingerprint density at radius 3 is 2.55 bits per heavy atom. The highest BCUT2D eigenvalue weighted by Crippen LogP contribution is 2.19. The van der Waals surface area contributed by atoms with E-state index < -0.39 is 0 Å². The molecule has 1 saturated heterocycles. The van der Waals surface area contributed by atoms with E-state index in [1.807, 2.05) is 23.1 Å². The van der Waals surface area contributed by atoms with E-state index in [1.54, 1.807) is 24.5 Å². The Labute approximate surface area is 129 Å². The second-order valence-electron chi connectivity index (χ2n) is 5.28. The van der Waals surface area contributed by atoms with E-state index in [0.717, 1.165) is 37.3 Å². The molecule has 22 heavy (non-hydrogen) atoms. The highest BCUT2D eigenvalue weighted by Gasteiger charge is 2.19. The number of aromatic nitrogens is 1. The van der Waals surface area contributed by atoms with Crippen LogP contribution in [0.1, 0.15) is 28.8 Å². The van der Waals surface area contributed by atoms with Crippen LogP contribution in [0.4, 0.5) is 11.4 Å². The van der Waals surface area contributed by atoms with Gasteiger partial charge in [-0.2, -0.15) is 5.26 Å². The molecule has 1 N–H and O–H groups in total. The molecule has 0 unspecified atom stereocenters. The van der Waals surface area contributed by atoms with Gasteiger partial charge in [-0.1, -0.05) is 0 Å². The highest BCUT2D eigenvalue weighted by atomic mass is 16.2. The lowest BCUT2D eigenvalue weighted by Crippen LogP contribution is -2.27. The number of likely N-dealkylation sites (tertiary alicyclic amines) is 1. The molecule has 5 heteroatoms.